The van der Waals surface area contributed by atoms with Gasteiger partial charge in [-0.1, -0.05) is 61.7 Å². The van der Waals surface area contributed by atoms with Gasteiger partial charge in [-0.25, -0.2) is 4.79 Å². The molecule has 0 atom stereocenters. The molecular formula is C24H25N2O2+. The first-order chi connectivity index (χ1) is 13.8. The Morgan fingerprint density at radius 2 is 1.75 bits per heavy atom. The van der Waals surface area contributed by atoms with Crippen LogP contribution in [-0.2, 0) is 6.54 Å². The van der Waals surface area contributed by atoms with Crippen LogP contribution in [0, 0.1) is 0 Å². The number of carbonyl (C=O) groups excluding carboxylic acids is 1. The SMILES string of the molecule is O=C(Oc1ccc(C2CCCCC2)cc1)c1cncc[n+]1Cc1ccccc1. The summed E-state index contributed by atoms with van der Waals surface area (Å²) >= 11 is 0. The van der Waals surface area contributed by atoms with Gasteiger partial charge in [0, 0.05) is 5.56 Å². The first kappa shape index (κ1) is 18.4. The number of hydrogen-bond donors (Lipinski definition) is 0. The highest BCUT2D eigenvalue weighted by molar-refractivity contribution is 5.87. The van der Waals surface area contributed by atoms with Gasteiger partial charge in [0.25, 0.3) is 0 Å². The van der Waals surface area contributed by atoms with Crippen LogP contribution in [0.4, 0.5) is 0 Å². The average molecular weight is 373 g/mol. The summed E-state index contributed by atoms with van der Waals surface area (Å²) in [7, 11) is 0. The summed E-state index contributed by atoms with van der Waals surface area (Å²) in [5, 5.41) is 0. The number of aromatic nitrogens is 2. The van der Waals surface area contributed by atoms with Crippen LogP contribution in [0.2, 0.25) is 0 Å². The van der Waals surface area contributed by atoms with E-state index < -0.39 is 5.97 Å². The summed E-state index contributed by atoms with van der Waals surface area (Å²) in [4.78, 5) is 16.8. The van der Waals surface area contributed by atoms with Crippen LogP contribution in [0.15, 0.2) is 73.2 Å². The van der Waals surface area contributed by atoms with Crippen molar-refractivity contribution in [2.24, 2.45) is 0 Å². The van der Waals surface area contributed by atoms with Gasteiger partial charge in [0.2, 0.25) is 0 Å². The van der Waals surface area contributed by atoms with Crippen molar-refractivity contribution in [1.29, 1.82) is 0 Å². The first-order valence-corrected chi connectivity index (χ1v) is 9.99. The third kappa shape index (κ3) is 4.45. The van der Waals surface area contributed by atoms with Crippen molar-refractivity contribution in [3.05, 3.63) is 90.0 Å². The molecule has 0 bridgehead atoms. The molecule has 1 aromatic heterocycles. The van der Waals surface area contributed by atoms with Gasteiger partial charge in [0.15, 0.2) is 12.7 Å². The molecule has 4 heteroatoms. The molecule has 0 aliphatic heterocycles. The second kappa shape index (κ2) is 8.79. The summed E-state index contributed by atoms with van der Waals surface area (Å²) in [6.07, 6.45) is 11.5. The molecule has 0 unspecified atom stereocenters. The summed E-state index contributed by atoms with van der Waals surface area (Å²) in [6.45, 7) is 0.592. The van der Waals surface area contributed by atoms with Gasteiger partial charge in [0.05, 0.1) is 6.20 Å². The fourth-order valence-electron chi connectivity index (χ4n) is 3.88. The predicted octanol–water partition coefficient (Wildman–Crippen LogP) is 4.68. The number of rotatable bonds is 5. The Bertz CT molecular complexity index is 917. The van der Waals surface area contributed by atoms with Gasteiger partial charge in [-0.3, -0.25) is 4.98 Å². The van der Waals surface area contributed by atoms with Crippen LogP contribution in [0.1, 0.15) is 59.6 Å². The Morgan fingerprint density at radius 1 is 1.00 bits per heavy atom. The topological polar surface area (TPSA) is 43.1 Å². The van der Waals surface area contributed by atoms with Crippen molar-refractivity contribution in [1.82, 2.24) is 4.98 Å². The van der Waals surface area contributed by atoms with Crippen LogP contribution in [0.25, 0.3) is 0 Å². The highest BCUT2D eigenvalue weighted by atomic mass is 16.5. The molecule has 4 nitrogen and oxygen atoms in total. The number of carbonyl (C=O) groups is 1. The van der Waals surface area contributed by atoms with E-state index in [4.69, 9.17) is 4.74 Å². The van der Waals surface area contributed by atoms with Gasteiger partial charge in [-0.05, 0) is 36.5 Å². The Labute approximate surface area is 165 Å². The second-order valence-electron chi connectivity index (χ2n) is 7.37. The minimum Gasteiger partial charge on any atom is -0.419 e. The molecule has 1 aliphatic rings. The minimum absolute atomic E-state index is 0.394. The summed E-state index contributed by atoms with van der Waals surface area (Å²) in [6, 6.07) is 18.0. The quantitative estimate of drug-likeness (QED) is 0.370. The molecule has 28 heavy (non-hydrogen) atoms. The molecule has 0 N–H and O–H groups in total. The number of nitrogens with zero attached hydrogens (tertiary/aromatic N) is 2. The van der Waals surface area contributed by atoms with E-state index in [1.54, 1.807) is 18.6 Å². The summed E-state index contributed by atoms with van der Waals surface area (Å²) in [5.41, 5.74) is 2.90. The van der Waals surface area contributed by atoms with Crippen LogP contribution < -0.4 is 9.30 Å². The van der Waals surface area contributed by atoms with Gasteiger partial charge >= 0.3 is 11.7 Å². The summed E-state index contributed by atoms with van der Waals surface area (Å²) in [5.74, 6) is 0.818. The summed E-state index contributed by atoms with van der Waals surface area (Å²) < 4.78 is 7.48. The van der Waals surface area contributed by atoms with Gasteiger partial charge < -0.3 is 4.74 Å². The van der Waals surface area contributed by atoms with Crippen LogP contribution >= 0.6 is 0 Å². The molecule has 1 aliphatic carbocycles. The Hall–Kier alpha value is -3.01. The fraction of sp³-hybridized carbons (Fsp3) is 0.292. The van der Waals surface area contributed by atoms with Crippen molar-refractivity contribution in [3.63, 3.8) is 0 Å². The second-order valence-corrected chi connectivity index (χ2v) is 7.37. The van der Waals surface area contributed by atoms with E-state index in [1.807, 2.05) is 47.0 Å². The number of esters is 1. The van der Waals surface area contributed by atoms with Gasteiger partial charge in [0.1, 0.15) is 11.9 Å². The maximum Gasteiger partial charge on any atom is 0.410 e. The predicted molar refractivity (Wildman–Crippen MR) is 107 cm³/mol. The highest BCUT2D eigenvalue weighted by Crippen LogP contribution is 2.33. The Kier molecular flexibility index (Phi) is 5.76. The maximum absolute atomic E-state index is 12.7. The van der Waals surface area contributed by atoms with E-state index in [0.717, 1.165) is 5.56 Å². The third-order valence-electron chi connectivity index (χ3n) is 5.41. The minimum atomic E-state index is -0.394. The third-order valence-corrected chi connectivity index (χ3v) is 5.41. The van der Waals surface area contributed by atoms with Gasteiger partial charge in [-0.15, -0.1) is 0 Å². The first-order valence-electron chi connectivity index (χ1n) is 9.99. The Morgan fingerprint density at radius 3 is 2.50 bits per heavy atom. The number of benzene rings is 2. The van der Waals surface area contributed by atoms with Crippen molar-refractivity contribution in [2.45, 2.75) is 44.6 Å². The molecule has 0 amide bonds. The van der Waals surface area contributed by atoms with E-state index in [-0.39, 0.29) is 0 Å². The van der Waals surface area contributed by atoms with Crippen molar-refractivity contribution in [3.8, 4) is 5.75 Å². The van der Waals surface area contributed by atoms with Crippen molar-refractivity contribution in [2.75, 3.05) is 0 Å². The molecule has 2 aromatic carbocycles. The molecule has 4 rings (SSSR count). The lowest BCUT2D eigenvalue weighted by atomic mass is 9.84. The Balaban J connectivity index is 1.46. The smallest absolute Gasteiger partial charge is 0.410 e. The zero-order chi connectivity index (χ0) is 19.2. The molecule has 0 radical (unpaired) electrons. The van der Waals surface area contributed by atoms with Gasteiger partial charge in [-0.2, -0.15) is 4.57 Å². The molecule has 0 saturated heterocycles. The number of ether oxygens (including phenoxy) is 1. The van der Waals surface area contributed by atoms with Crippen LogP contribution in [-0.4, -0.2) is 11.0 Å². The van der Waals surface area contributed by atoms with E-state index in [9.17, 15) is 4.79 Å². The maximum atomic E-state index is 12.7. The molecule has 0 spiro atoms. The molecule has 1 heterocycles. The lowest BCUT2D eigenvalue weighted by Gasteiger charge is -2.21. The van der Waals surface area contributed by atoms with Crippen molar-refractivity contribution >= 4 is 5.97 Å². The monoisotopic (exact) mass is 373 g/mol. The lowest BCUT2D eigenvalue weighted by Crippen LogP contribution is -2.42. The average Bonchev–Trinajstić information content (AvgIpc) is 2.76. The normalized spacial score (nSPS) is 14.6. The highest BCUT2D eigenvalue weighted by Gasteiger charge is 2.22. The lowest BCUT2D eigenvalue weighted by molar-refractivity contribution is -0.691. The van der Waals surface area contributed by atoms with Crippen LogP contribution in [0.5, 0.6) is 5.75 Å². The molecule has 3 aromatic rings. The number of hydrogen-bond acceptors (Lipinski definition) is 3. The van der Waals surface area contributed by atoms with E-state index in [0.29, 0.717) is 23.9 Å². The molecule has 1 saturated carbocycles. The zero-order valence-corrected chi connectivity index (χ0v) is 16.0. The van der Waals surface area contributed by atoms with E-state index >= 15 is 0 Å². The zero-order valence-electron chi connectivity index (χ0n) is 16.0. The largest absolute Gasteiger partial charge is 0.419 e. The standard InChI is InChI=1S/C24H25N2O2/c27-24(23-17-25-15-16-26(23)18-19-7-3-1-4-8-19)28-22-13-11-21(12-14-22)20-9-5-2-6-10-20/h1,3-4,7-8,11-17,20H,2,5-6,9-10,18H2/q+1. The van der Waals surface area contributed by atoms with E-state index in [1.165, 1.54) is 37.7 Å². The molecule has 1 fully saturated rings. The molecule has 142 valence electrons. The fourth-order valence-corrected chi connectivity index (χ4v) is 3.88. The van der Waals surface area contributed by atoms with Crippen molar-refractivity contribution < 1.29 is 14.1 Å². The van der Waals surface area contributed by atoms with E-state index in [2.05, 4.69) is 17.1 Å². The molecular weight excluding hydrogens is 348 g/mol. The van der Waals surface area contributed by atoms with Crippen LogP contribution in [0.3, 0.4) is 0 Å².